The van der Waals surface area contributed by atoms with Gasteiger partial charge in [-0.2, -0.15) is 0 Å². The maximum Gasteiger partial charge on any atom is 0.318 e. The summed E-state index contributed by atoms with van der Waals surface area (Å²) in [6.45, 7) is 8.00. The molecule has 2 heterocycles. The highest BCUT2D eigenvalue weighted by Gasteiger charge is 2.57. The first-order chi connectivity index (χ1) is 22.0. The lowest BCUT2D eigenvalue weighted by atomic mass is 9.94. The van der Waals surface area contributed by atoms with Gasteiger partial charge in [0.05, 0.1) is 13.2 Å². The SMILES string of the molecule is CC[C@@H](C)[C@@H](C(=O)N[C@@H](CC(N)=O)[C@@H]1O[C@H]2OC(C)(C)O[C@H]2[C@@H]1OC)N(CCc1ccc(OC)cc1)C(=O)NCc1ccccc1. The van der Waals surface area contributed by atoms with Crippen LogP contribution in [-0.2, 0) is 41.5 Å². The summed E-state index contributed by atoms with van der Waals surface area (Å²) in [5.41, 5.74) is 7.56. The van der Waals surface area contributed by atoms with Crippen LogP contribution < -0.4 is 21.1 Å². The first kappa shape index (κ1) is 35.1. The maximum atomic E-state index is 14.3. The lowest BCUT2D eigenvalue weighted by Gasteiger charge is -2.37. The molecule has 0 radical (unpaired) electrons. The Morgan fingerprint density at radius 3 is 2.33 bits per heavy atom. The van der Waals surface area contributed by atoms with Gasteiger partial charge in [0.1, 0.15) is 30.1 Å². The summed E-state index contributed by atoms with van der Waals surface area (Å²) in [6, 6.07) is 15.0. The Morgan fingerprint density at radius 1 is 1.02 bits per heavy atom. The maximum absolute atomic E-state index is 14.3. The van der Waals surface area contributed by atoms with Crippen LogP contribution in [0.2, 0.25) is 0 Å². The molecule has 2 saturated heterocycles. The van der Waals surface area contributed by atoms with Gasteiger partial charge < -0.3 is 45.0 Å². The van der Waals surface area contributed by atoms with E-state index in [0.717, 1.165) is 16.9 Å². The Labute approximate surface area is 271 Å². The van der Waals surface area contributed by atoms with E-state index in [2.05, 4.69) is 10.6 Å². The van der Waals surface area contributed by atoms with Crippen molar-refractivity contribution in [3.05, 3.63) is 65.7 Å². The minimum Gasteiger partial charge on any atom is -0.497 e. The summed E-state index contributed by atoms with van der Waals surface area (Å²) >= 11 is 0. The standard InChI is InChI=1S/C34H48N4O8/c1-7-21(2)27(31(40)37-25(19-26(35)39)28-29(43-6)30-32(44-28)46-34(3,4)45-30)38(18-17-22-13-15-24(42-5)16-14-22)33(41)36-20-23-11-9-8-10-12-23/h8-16,21,25,27-30,32H,7,17-20H2,1-6H3,(H2,35,39)(H,36,41)(H,37,40)/t21-,25+,27+,28+,29-,30+,32+/m1/s1. The summed E-state index contributed by atoms with van der Waals surface area (Å²) in [5.74, 6) is -1.44. The van der Waals surface area contributed by atoms with Crippen LogP contribution in [0.4, 0.5) is 4.79 Å². The molecule has 2 fully saturated rings. The number of fused-ring (bicyclic) bond motifs is 1. The Hall–Kier alpha value is -3.71. The fourth-order valence-electron chi connectivity index (χ4n) is 6.04. The molecule has 7 atom stereocenters. The second-order valence-corrected chi connectivity index (χ2v) is 12.3. The molecule has 0 saturated carbocycles. The van der Waals surface area contributed by atoms with E-state index in [-0.39, 0.29) is 24.9 Å². The Morgan fingerprint density at radius 2 is 1.72 bits per heavy atom. The molecular weight excluding hydrogens is 592 g/mol. The number of hydrogen-bond acceptors (Lipinski definition) is 8. The third-order valence-electron chi connectivity index (χ3n) is 8.58. The number of nitrogens with two attached hydrogens (primary N) is 1. The lowest BCUT2D eigenvalue weighted by molar-refractivity contribution is -0.220. The number of urea groups is 1. The number of benzene rings is 2. The number of carbonyl (C=O) groups is 3. The number of nitrogens with zero attached hydrogens (tertiary/aromatic N) is 1. The van der Waals surface area contributed by atoms with Crippen LogP contribution in [0.3, 0.4) is 0 Å². The fraction of sp³-hybridized carbons (Fsp3) is 0.559. The number of nitrogens with one attached hydrogen (secondary N) is 2. The van der Waals surface area contributed by atoms with Crippen molar-refractivity contribution >= 4 is 17.8 Å². The number of amides is 4. The van der Waals surface area contributed by atoms with Gasteiger partial charge in [-0.15, -0.1) is 0 Å². The van der Waals surface area contributed by atoms with E-state index in [1.54, 1.807) is 25.9 Å². The molecule has 0 spiro atoms. The highest BCUT2D eigenvalue weighted by Crippen LogP contribution is 2.40. The van der Waals surface area contributed by atoms with Crippen molar-refractivity contribution in [1.82, 2.24) is 15.5 Å². The lowest BCUT2D eigenvalue weighted by Crippen LogP contribution is -2.60. The van der Waals surface area contributed by atoms with Gasteiger partial charge in [0.2, 0.25) is 11.8 Å². The first-order valence-electron chi connectivity index (χ1n) is 15.8. The minimum absolute atomic E-state index is 0.210. The van der Waals surface area contributed by atoms with Crippen molar-refractivity contribution in [2.24, 2.45) is 11.7 Å². The van der Waals surface area contributed by atoms with Crippen LogP contribution in [0.5, 0.6) is 5.75 Å². The van der Waals surface area contributed by atoms with Crippen molar-refractivity contribution in [3.8, 4) is 5.75 Å². The van der Waals surface area contributed by atoms with Crippen LogP contribution in [0.25, 0.3) is 0 Å². The van der Waals surface area contributed by atoms with E-state index in [1.807, 2.05) is 68.4 Å². The number of primary amides is 1. The van der Waals surface area contributed by atoms with Gasteiger partial charge in [-0.05, 0) is 49.4 Å². The number of ether oxygens (including phenoxy) is 5. The molecule has 252 valence electrons. The normalized spacial score (nSPS) is 23.5. The summed E-state index contributed by atoms with van der Waals surface area (Å²) in [4.78, 5) is 42.0. The van der Waals surface area contributed by atoms with E-state index >= 15 is 0 Å². The topological polar surface area (TPSA) is 151 Å². The number of rotatable bonds is 15. The molecule has 4 N–H and O–H groups in total. The molecule has 2 aliphatic rings. The van der Waals surface area contributed by atoms with Crippen LogP contribution >= 0.6 is 0 Å². The van der Waals surface area contributed by atoms with E-state index in [1.165, 1.54) is 7.11 Å². The second-order valence-electron chi connectivity index (χ2n) is 12.3. The van der Waals surface area contributed by atoms with Crippen molar-refractivity contribution in [2.45, 2.75) is 96.0 Å². The summed E-state index contributed by atoms with van der Waals surface area (Å²) in [6.07, 6.45) is -1.83. The van der Waals surface area contributed by atoms with Crippen molar-refractivity contribution in [2.75, 3.05) is 20.8 Å². The molecule has 4 rings (SSSR count). The molecule has 0 aliphatic carbocycles. The average molecular weight is 641 g/mol. The molecule has 2 aliphatic heterocycles. The quantitative estimate of drug-likeness (QED) is 0.269. The van der Waals surface area contributed by atoms with Gasteiger partial charge in [-0.25, -0.2) is 4.79 Å². The first-order valence-corrected chi connectivity index (χ1v) is 15.8. The molecule has 4 amide bonds. The van der Waals surface area contributed by atoms with Crippen molar-refractivity contribution < 1.29 is 38.1 Å². The van der Waals surface area contributed by atoms with Crippen molar-refractivity contribution in [1.29, 1.82) is 0 Å². The average Bonchev–Trinajstić information content (AvgIpc) is 3.52. The summed E-state index contributed by atoms with van der Waals surface area (Å²) < 4.78 is 29.1. The monoisotopic (exact) mass is 640 g/mol. The summed E-state index contributed by atoms with van der Waals surface area (Å²) in [5, 5.41) is 6.00. The zero-order valence-corrected chi connectivity index (χ0v) is 27.6. The van der Waals surface area contributed by atoms with Gasteiger partial charge in [-0.1, -0.05) is 62.7 Å². The van der Waals surface area contributed by atoms with E-state index in [4.69, 9.17) is 29.4 Å². The smallest absolute Gasteiger partial charge is 0.318 e. The minimum atomic E-state index is -0.876. The van der Waals surface area contributed by atoms with Crippen LogP contribution in [0.1, 0.15) is 51.7 Å². The number of hydrogen-bond donors (Lipinski definition) is 3. The molecule has 12 nitrogen and oxygen atoms in total. The van der Waals surface area contributed by atoms with E-state index < -0.39 is 54.3 Å². The van der Waals surface area contributed by atoms with Gasteiger partial charge in [-0.3, -0.25) is 9.59 Å². The van der Waals surface area contributed by atoms with Gasteiger partial charge in [0.15, 0.2) is 12.1 Å². The Balaban J connectivity index is 1.59. The van der Waals surface area contributed by atoms with Gasteiger partial charge in [0.25, 0.3) is 0 Å². The highest BCUT2D eigenvalue weighted by atomic mass is 16.8. The molecule has 46 heavy (non-hydrogen) atoms. The van der Waals surface area contributed by atoms with Gasteiger partial charge >= 0.3 is 6.03 Å². The van der Waals surface area contributed by atoms with Crippen LogP contribution in [0, 0.1) is 5.92 Å². The van der Waals surface area contributed by atoms with Crippen LogP contribution in [-0.4, -0.2) is 86.0 Å². The second kappa shape index (κ2) is 15.7. The third-order valence-corrected chi connectivity index (χ3v) is 8.58. The zero-order chi connectivity index (χ0) is 33.4. The number of methoxy groups -OCH3 is 2. The third kappa shape index (κ3) is 8.75. The molecule has 0 aromatic heterocycles. The predicted molar refractivity (Wildman–Crippen MR) is 171 cm³/mol. The van der Waals surface area contributed by atoms with Crippen LogP contribution in [0.15, 0.2) is 54.6 Å². The largest absolute Gasteiger partial charge is 0.497 e. The Kier molecular flexibility index (Phi) is 12.0. The fourth-order valence-corrected chi connectivity index (χ4v) is 6.04. The summed E-state index contributed by atoms with van der Waals surface area (Å²) in [7, 11) is 3.12. The number of carbonyl (C=O) groups excluding carboxylic acids is 3. The van der Waals surface area contributed by atoms with Gasteiger partial charge in [0, 0.05) is 26.6 Å². The molecule has 0 unspecified atom stereocenters. The highest BCUT2D eigenvalue weighted by molar-refractivity contribution is 5.88. The molecule has 2 aromatic carbocycles. The Bertz CT molecular complexity index is 1310. The van der Waals surface area contributed by atoms with E-state index in [9.17, 15) is 14.4 Å². The molecular formula is C34H48N4O8. The predicted octanol–water partition coefficient (Wildman–Crippen LogP) is 3.12. The molecule has 12 heteroatoms. The zero-order valence-electron chi connectivity index (χ0n) is 27.6. The van der Waals surface area contributed by atoms with E-state index in [0.29, 0.717) is 19.4 Å². The van der Waals surface area contributed by atoms with Crippen molar-refractivity contribution in [3.63, 3.8) is 0 Å². The molecule has 2 aromatic rings. The molecule has 0 bridgehead atoms.